The second-order valence-electron chi connectivity index (χ2n) is 4.45. The lowest BCUT2D eigenvalue weighted by Crippen LogP contribution is -2.03. The summed E-state index contributed by atoms with van der Waals surface area (Å²) in [6.07, 6.45) is 16.6. The van der Waals surface area contributed by atoms with Crippen LogP contribution in [-0.4, -0.2) is 9.55 Å². The Labute approximate surface area is 168 Å². The van der Waals surface area contributed by atoms with Crippen LogP contribution < -0.4 is 4.74 Å². The average molecular weight is 421 g/mol. The van der Waals surface area contributed by atoms with Crippen LogP contribution in [0.25, 0.3) is 0 Å². The van der Waals surface area contributed by atoms with Crippen molar-refractivity contribution in [2.24, 2.45) is 0 Å². The molecule has 0 aliphatic heterocycles. The van der Waals surface area contributed by atoms with Crippen LogP contribution in [0.3, 0.4) is 0 Å². The Morgan fingerprint density at radius 2 is 1.88 bits per heavy atom. The zero-order chi connectivity index (χ0) is 20.4. The summed E-state index contributed by atoms with van der Waals surface area (Å²) in [6.45, 7) is 20.1. The second kappa shape index (κ2) is 17.7. The third kappa shape index (κ3) is 11.5. The van der Waals surface area contributed by atoms with E-state index in [2.05, 4.69) is 34.1 Å². The van der Waals surface area contributed by atoms with Gasteiger partial charge in [0.1, 0.15) is 5.76 Å². The molecule has 4 heteroatoms. The highest BCUT2D eigenvalue weighted by atomic mass is 79.9. The van der Waals surface area contributed by atoms with E-state index >= 15 is 0 Å². The molecule has 0 N–H and O–H groups in total. The molecule has 144 valence electrons. The van der Waals surface area contributed by atoms with Gasteiger partial charge in [-0.15, -0.1) is 0 Å². The molecule has 0 amide bonds. The molecule has 0 unspecified atom stereocenters. The zero-order valence-electron chi connectivity index (χ0n) is 17.0. The standard InChI is InChI=1S/C18H21BrN2O.2C2H6/c1-5-8-9-16(6-2)13-21-14-20-12-18(21)22-17(7-3)11-10-15(4)19;2*1-2/h5-12,14H,1,3,13H2,2,4H3;2*1-2H3/b9-8-,15-10+,16-6+,17-11+;;. The summed E-state index contributed by atoms with van der Waals surface area (Å²) in [5, 5.41) is 0. The summed E-state index contributed by atoms with van der Waals surface area (Å²) in [4.78, 5) is 4.15. The quantitative estimate of drug-likeness (QED) is 0.324. The molecule has 0 bridgehead atoms. The molecule has 0 aromatic carbocycles. The maximum atomic E-state index is 5.84. The van der Waals surface area contributed by atoms with Gasteiger partial charge in [-0.1, -0.05) is 81.1 Å². The van der Waals surface area contributed by atoms with Crippen LogP contribution in [0.1, 0.15) is 41.5 Å². The molecule has 0 saturated carbocycles. The van der Waals surface area contributed by atoms with Gasteiger partial charge in [-0.2, -0.15) is 0 Å². The molecular weight excluding hydrogens is 388 g/mol. The van der Waals surface area contributed by atoms with Crippen LogP contribution in [0.5, 0.6) is 5.88 Å². The normalized spacial score (nSPS) is 11.9. The number of rotatable bonds is 8. The van der Waals surface area contributed by atoms with Gasteiger partial charge in [0.2, 0.25) is 5.88 Å². The van der Waals surface area contributed by atoms with Gasteiger partial charge in [0, 0.05) is 0 Å². The Kier molecular flexibility index (Phi) is 17.9. The van der Waals surface area contributed by atoms with Crippen LogP contribution in [0, 0.1) is 0 Å². The fourth-order valence-electron chi connectivity index (χ4n) is 1.60. The van der Waals surface area contributed by atoms with E-state index in [4.69, 9.17) is 4.74 Å². The minimum absolute atomic E-state index is 0.657. The van der Waals surface area contributed by atoms with E-state index in [9.17, 15) is 0 Å². The highest BCUT2D eigenvalue weighted by molar-refractivity contribution is 9.11. The van der Waals surface area contributed by atoms with Crippen molar-refractivity contribution >= 4 is 15.9 Å². The summed E-state index contributed by atoms with van der Waals surface area (Å²) in [5.74, 6) is 1.32. The molecule has 3 nitrogen and oxygen atoms in total. The molecule has 1 aromatic heterocycles. The van der Waals surface area contributed by atoms with Crippen molar-refractivity contribution in [3.8, 4) is 5.88 Å². The van der Waals surface area contributed by atoms with Gasteiger partial charge < -0.3 is 4.74 Å². The fraction of sp³-hybridized carbons (Fsp3) is 0.318. The Hall–Kier alpha value is -2.07. The maximum Gasteiger partial charge on any atom is 0.219 e. The van der Waals surface area contributed by atoms with Gasteiger partial charge in [-0.05, 0) is 42.1 Å². The molecule has 0 aliphatic rings. The third-order valence-corrected chi connectivity index (χ3v) is 3.01. The number of imidazole rings is 1. The lowest BCUT2D eigenvalue weighted by Gasteiger charge is -2.10. The van der Waals surface area contributed by atoms with E-state index in [1.165, 1.54) is 0 Å². The van der Waals surface area contributed by atoms with Crippen LogP contribution in [0.15, 0.2) is 84.0 Å². The molecule has 1 heterocycles. The van der Waals surface area contributed by atoms with Crippen LogP contribution in [0.4, 0.5) is 0 Å². The first-order valence-electron chi connectivity index (χ1n) is 8.89. The number of aromatic nitrogens is 2. The van der Waals surface area contributed by atoms with Gasteiger partial charge in [0.25, 0.3) is 0 Å². The third-order valence-electron chi connectivity index (χ3n) is 2.75. The van der Waals surface area contributed by atoms with E-state index in [0.29, 0.717) is 18.2 Å². The highest BCUT2D eigenvalue weighted by Gasteiger charge is 2.05. The molecule has 0 aliphatic carbocycles. The summed E-state index contributed by atoms with van der Waals surface area (Å²) >= 11 is 3.38. The Balaban J connectivity index is 0. The Bertz CT molecular complexity index is 630. The molecule has 26 heavy (non-hydrogen) atoms. The lowest BCUT2D eigenvalue weighted by atomic mass is 10.2. The summed E-state index contributed by atoms with van der Waals surface area (Å²) in [7, 11) is 0. The molecule has 0 fully saturated rings. The highest BCUT2D eigenvalue weighted by Crippen LogP contribution is 2.17. The summed E-state index contributed by atoms with van der Waals surface area (Å²) < 4.78 is 8.79. The molecule has 1 rings (SSSR count). The molecule has 0 atom stereocenters. The van der Waals surface area contributed by atoms with E-state index in [-0.39, 0.29) is 0 Å². The topological polar surface area (TPSA) is 27.1 Å². The van der Waals surface area contributed by atoms with Crippen molar-refractivity contribution < 1.29 is 4.74 Å². The van der Waals surface area contributed by atoms with Crippen LogP contribution in [0.2, 0.25) is 0 Å². The number of allylic oxidation sites excluding steroid dienone is 9. The van der Waals surface area contributed by atoms with Crippen molar-refractivity contribution in [2.45, 2.75) is 48.1 Å². The van der Waals surface area contributed by atoms with Gasteiger partial charge in [-0.25, -0.2) is 4.98 Å². The fourth-order valence-corrected chi connectivity index (χ4v) is 1.73. The SMILES string of the molecule is C=C/C=C\C(=C/C)Cn1cncc1O/C(C=C)=C/C=C(\C)Br.CC.CC. The number of nitrogens with zero attached hydrogens (tertiary/aromatic N) is 2. The zero-order valence-corrected chi connectivity index (χ0v) is 18.6. The van der Waals surface area contributed by atoms with Crippen molar-refractivity contribution in [1.82, 2.24) is 9.55 Å². The number of hydrogen-bond acceptors (Lipinski definition) is 2. The van der Waals surface area contributed by atoms with Crippen molar-refractivity contribution in [3.63, 3.8) is 0 Å². The first-order valence-corrected chi connectivity index (χ1v) is 9.68. The van der Waals surface area contributed by atoms with E-state index < -0.39 is 0 Å². The van der Waals surface area contributed by atoms with Gasteiger partial charge in [0.05, 0.1) is 19.1 Å². The monoisotopic (exact) mass is 420 g/mol. The summed E-state index contributed by atoms with van der Waals surface area (Å²) in [6, 6.07) is 0. The molecular formula is C22H33BrN2O. The van der Waals surface area contributed by atoms with E-state index in [0.717, 1.165) is 10.1 Å². The van der Waals surface area contributed by atoms with E-state index in [1.807, 2.05) is 76.5 Å². The number of ether oxygens (including phenoxy) is 1. The lowest BCUT2D eigenvalue weighted by molar-refractivity contribution is 0.404. The largest absolute Gasteiger partial charge is 0.439 e. The van der Waals surface area contributed by atoms with Crippen molar-refractivity contribution in [3.05, 3.63) is 84.0 Å². The van der Waals surface area contributed by atoms with Crippen molar-refractivity contribution in [1.29, 1.82) is 0 Å². The molecule has 1 aromatic rings. The predicted octanol–water partition coefficient (Wildman–Crippen LogP) is 7.37. The maximum absolute atomic E-state index is 5.84. The van der Waals surface area contributed by atoms with E-state index in [1.54, 1.807) is 24.7 Å². The Morgan fingerprint density at radius 3 is 2.38 bits per heavy atom. The first kappa shape index (κ1) is 26.2. The average Bonchev–Trinajstić information content (AvgIpc) is 3.11. The van der Waals surface area contributed by atoms with Gasteiger partial charge in [-0.3, -0.25) is 4.57 Å². The van der Waals surface area contributed by atoms with Gasteiger partial charge >= 0.3 is 0 Å². The van der Waals surface area contributed by atoms with Crippen LogP contribution in [-0.2, 0) is 6.54 Å². The minimum Gasteiger partial charge on any atom is -0.439 e. The second-order valence-corrected chi connectivity index (χ2v) is 5.70. The molecule has 0 spiro atoms. The van der Waals surface area contributed by atoms with Crippen LogP contribution >= 0.6 is 15.9 Å². The van der Waals surface area contributed by atoms with Gasteiger partial charge in [0.15, 0.2) is 0 Å². The predicted molar refractivity (Wildman–Crippen MR) is 120 cm³/mol. The first-order chi connectivity index (χ1) is 12.6. The number of hydrogen-bond donors (Lipinski definition) is 0. The Morgan fingerprint density at radius 1 is 1.23 bits per heavy atom. The smallest absolute Gasteiger partial charge is 0.219 e. The number of halogens is 1. The minimum atomic E-state index is 0.657. The summed E-state index contributed by atoms with van der Waals surface area (Å²) in [5.41, 5.74) is 1.14. The molecule has 0 saturated heterocycles. The molecule has 0 radical (unpaired) electrons. The van der Waals surface area contributed by atoms with Crippen molar-refractivity contribution in [2.75, 3.05) is 0 Å².